The monoisotopic (exact) mass is 261 g/mol. The minimum Gasteiger partial charge on any atom is -0.356 e. The summed E-state index contributed by atoms with van der Waals surface area (Å²) in [7, 11) is 0. The second kappa shape index (κ2) is 5.91. The van der Waals surface area contributed by atoms with Crippen LogP contribution in [-0.4, -0.2) is 24.1 Å². The molecule has 3 heteroatoms. The molecule has 3 nitrogen and oxygen atoms in total. The molecule has 0 saturated carbocycles. The van der Waals surface area contributed by atoms with Gasteiger partial charge in [0.2, 0.25) is 0 Å². The quantitative estimate of drug-likeness (QED) is 0.903. The Kier molecular flexibility index (Phi) is 4.46. The van der Waals surface area contributed by atoms with E-state index in [9.17, 15) is 0 Å². The molecule has 0 aromatic carbocycles. The maximum atomic E-state index is 4.69. The number of anilines is 1. The summed E-state index contributed by atoms with van der Waals surface area (Å²) in [4.78, 5) is 7.13. The van der Waals surface area contributed by atoms with E-state index in [1.165, 1.54) is 16.9 Å². The van der Waals surface area contributed by atoms with Gasteiger partial charge in [0.15, 0.2) is 0 Å². The van der Waals surface area contributed by atoms with E-state index in [2.05, 4.69) is 50.9 Å². The molecule has 1 fully saturated rings. The van der Waals surface area contributed by atoms with Crippen molar-refractivity contribution in [3.8, 4) is 0 Å². The number of pyridine rings is 1. The van der Waals surface area contributed by atoms with Crippen LogP contribution in [0.3, 0.4) is 0 Å². The molecule has 2 atom stereocenters. The predicted molar refractivity (Wildman–Crippen MR) is 81.5 cm³/mol. The van der Waals surface area contributed by atoms with Crippen LogP contribution in [0, 0.1) is 18.8 Å². The molecule has 0 amide bonds. The first-order valence-electron chi connectivity index (χ1n) is 7.41. The van der Waals surface area contributed by atoms with Gasteiger partial charge in [-0.05, 0) is 36.0 Å². The van der Waals surface area contributed by atoms with Gasteiger partial charge >= 0.3 is 0 Å². The molecule has 2 rings (SSSR count). The summed E-state index contributed by atoms with van der Waals surface area (Å²) in [6.07, 6.45) is 2.02. The van der Waals surface area contributed by atoms with E-state index in [0.717, 1.165) is 31.5 Å². The van der Waals surface area contributed by atoms with Crippen LogP contribution in [0.15, 0.2) is 12.3 Å². The van der Waals surface area contributed by atoms with E-state index in [1.54, 1.807) is 0 Å². The Bertz CT molecular complexity index is 418. The topological polar surface area (TPSA) is 28.2 Å². The lowest BCUT2D eigenvalue weighted by atomic mass is 10.0. The molecule has 0 radical (unpaired) electrons. The Balaban J connectivity index is 2.07. The zero-order valence-electron chi connectivity index (χ0n) is 12.9. The van der Waals surface area contributed by atoms with E-state index >= 15 is 0 Å². The third-order valence-corrected chi connectivity index (χ3v) is 4.11. The van der Waals surface area contributed by atoms with Gasteiger partial charge in [-0.1, -0.05) is 27.7 Å². The molecule has 1 aromatic heterocycles. The highest BCUT2D eigenvalue weighted by Crippen LogP contribution is 2.28. The van der Waals surface area contributed by atoms with Gasteiger partial charge in [-0.2, -0.15) is 0 Å². The van der Waals surface area contributed by atoms with Crippen LogP contribution in [0.2, 0.25) is 0 Å². The lowest BCUT2D eigenvalue weighted by Gasteiger charge is -2.20. The van der Waals surface area contributed by atoms with Gasteiger partial charge in [0.25, 0.3) is 0 Å². The highest BCUT2D eigenvalue weighted by Gasteiger charge is 2.27. The molecule has 1 aliphatic rings. The van der Waals surface area contributed by atoms with Crippen molar-refractivity contribution in [2.24, 2.45) is 11.8 Å². The second-order valence-electron chi connectivity index (χ2n) is 6.38. The van der Waals surface area contributed by atoms with Crippen LogP contribution in [0.4, 0.5) is 5.82 Å². The average Bonchev–Trinajstić information content (AvgIpc) is 2.67. The Morgan fingerprint density at radius 3 is 2.47 bits per heavy atom. The number of aryl methyl sites for hydroxylation is 1. The molecule has 2 unspecified atom stereocenters. The minimum atomic E-state index is 0.514. The van der Waals surface area contributed by atoms with Gasteiger partial charge in [-0.15, -0.1) is 0 Å². The summed E-state index contributed by atoms with van der Waals surface area (Å²) in [6, 6.07) is 2.78. The van der Waals surface area contributed by atoms with Gasteiger partial charge in [-0.3, -0.25) is 0 Å². The number of hydrogen-bond acceptors (Lipinski definition) is 3. The van der Waals surface area contributed by atoms with E-state index in [1.807, 2.05) is 6.20 Å². The van der Waals surface area contributed by atoms with E-state index in [0.29, 0.717) is 6.04 Å². The SMILES string of the molecule is Cc1cc(CNC(C)C)cnc1N1CC(C)C(C)C1. The number of aromatic nitrogens is 1. The van der Waals surface area contributed by atoms with Crippen molar-refractivity contribution in [1.82, 2.24) is 10.3 Å². The maximum Gasteiger partial charge on any atom is 0.131 e. The normalized spacial score (nSPS) is 23.4. The van der Waals surface area contributed by atoms with Crippen molar-refractivity contribution in [2.45, 2.75) is 47.2 Å². The van der Waals surface area contributed by atoms with Crippen molar-refractivity contribution in [3.05, 3.63) is 23.4 Å². The predicted octanol–water partition coefficient (Wildman–Crippen LogP) is 2.98. The van der Waals surface area contributed by atoms with E-state index < -0.39 is 0 Å². The smallest absolute Gasteiger partial charge is 0.131 e. The fourth-order valence-electron chi connectivity index (χ4n) is 2.68. The summed E-state index contributed by atoms with van der Waals surface area (Å²) in [5, 5.41) is 3.44. The lowest BCUT2D eigenvalue weighted by Crippen LogP contribution is -2.24. The first-order chi connectivity index (χ1) is 8.97. The first-order valence-corrected chi connectivity index (χ1v) is 7.41. The minimum absolute atomic E-state index is 0.514. The van der Waals surface area contributed by atoms with Crippen LogP contribution < -0.4 is 10.2 Å². The summed E-state index contributed by atoms with van der Waals surface area (Å²) >= 11 is 0. The molecule has 1 N–H and O–H groups in total. The Hall–Kier alpha value is -1.09. The zero-order chi connectivity index (χ0) is 14.0. The van der Waals surface area contributed by atoms with Gasteiger partial charge in [0.1, 0.15) is 5.82 Å². The summed E-state index contributed by atoms with van der Waals surface area (Å²) in [5.74, 6) is 2.71. The zero-order valence-corrected chi connectivity index (χ0v) is 12.9. The van der Waals surface area contributed by atoms with Crippen LogP contribution >= 0.6 is 0 Å². The van der Waals surface area contributed by atoms with Gasteiger partial charge in [0.05, 0.1) is 0 Å². The Morgan fingerprint density at radius 1 is 1.32 bits per heavy atom. The van der Waals surface area contributed by atoms with Crippen LogP contribution in [0.1, 0.15) is 38.8 Å². The van der Waals surface area contributed by atoms with Crippen molar-refractivity contribution in [3.63, 3.8) is 0 Å². The van der Waals surface area contributed by atoms with Gasteiger partial charge < -0.3 is 10.2 Å². The number of hydrogen-bond donors (Lipinski definition) is 1. The summed E-state index contributed by atoms with van der Waals surface area (Å²) in [5.41, 5.74) is 2.57. The Morgan fingerprint density at radius 2 is 1.95 bits per heavy atom. The van der Waals surface area contributed by atoms with Crippen LogP contribution in [-0.2, 0) is 6.54 Å². The fourth-order valence-corrected chi connectivity index (χ4v) is 2.68. The number of nitrogens with one attached hydrogen (secondary N) is 1. The average molecular weight is 261 g/mol. The van der Waals surface area contributed by atoms with E-state index in [4.69, 9.17) is 4.98 Å². The van der Waals surface area contributed by atoms with Crippen molar-refractivity contribution in [1.29, 1.82) is 0 Å². The molecule has 0 aliphatic carbocycles. The molecule has 19 heavy (non-hydrogen) atoms. The molecule has 0 bridgehead atoms. The lowest BCUT2D eigenvalue weighted by molar-refractivity contribution is 0.494. The Labute approximate surface area is 117 Å². The van der Waals surface area contributed by atoms with Crippen LogP contribution in [0.25, 0.3) is 0 Å². The van der Waals surface area contributed by atoms with Crippen molar-refractivity contribution < 1.29 is 0 Å². The number of nitrogens with zero attached hydrogens (tertiary/aromatic N) is 2. The van der Waals surface area contributed by atoms with Gasteiger partial charge in [-0.25, -0.2) is 4.98 Å². The molecule has 106 valence electrons. The van der Waals surface area contributed by atoms with E-state index in [-0.39, 0.29) is 0 Å². The highest BCUT2D eigenvalue weighted by atomic mass is 15.2. The first kappa shape index (κ1) is 14.3. The maximum absolute atomic E-state index is 4.69. The molecule has 2 heterocycles. The second-order valence-corrected chi connectivity index (χ2v) is 6.38. The highest BCUT2D eigenvalue weighted by molar-refractivity contribution is 5.48. The fraction of sp³-hybridized carbons (Fsp3) is 0.688. The third-order valence-electron chi connectivity index (χ3n) is 4.11. The van der Waals surface area contributed by atoms with Crippen molar-refractivity contribution in [2.75, 3.05) is 18.0 Å². The summed E-state index contributed by atoms with van der Waals surface area (Å²) < 4.78 is 0. The largest absolute Gasteiger partial charge is 0.356 e. The molecule has 1 aromatic rings. The molecule has 1 aliphatic heterocycles. The molecule has 0 spiro atoms. The van der Waals surface area contributed by atoms with Crippen molar-refractivity contribution >= 4 is 5.82 Å². The molecular formula is C16H27N3. The summed E-state index contributed by atoms with van der Waals surface area (Å²) in [6.45, 7) is 14.4. The molecule has 1 saturated heterocycles. The van der Waals surface area contributed by atoms with Gasteiger partial charge in [0, 0.05) is 31.9 Å². The standard InChI is InChI=1S/C16H27N3/c1-11(2)17-7-15-6-12(3)16(18-8-15)19-9-13(4)14(5)10-19/h6,8,11,13-14,17H,7,9-10H2,1-5H3. The molecular weight excluding hydrogens is 234 g/mol. The third kappa shape index (κ3) is 3.47. The number of rotatable bonds is 4. The van der Waals surface area contributed by atoms with Crippen LogP contribution in [0.5, 0.6) is 0 Å².